The first-order valence-electron chi connectivity index (χ1n) is 7.50. The van der Waals surface area contributed by atoms with E-state index < -0.39 is 35.8 Å². The van der Waals surface area contributed by atoms with Gasteiger partial charge in [0.25, 0.3) is 11.8 Å². The van der Waals surface area contributed by atoms with Crippen LogP contribution in [0.25, 0.3) is 11.0 Å². The van der Waals surface area contributed by atoms with E-state index in [4.69, 9.17) is 9.25 Å². The van der Waals surface area contributed by atoms with Gasteiger partial charge >= 0.3 is 5.97 Å². The number of fused-ring (bicyclic) bond motifs is 2. The molecule has 0 saturated carbocycles. The van der Waals surface area contributed by atoms with E-state index in [-0.39, 0.29) is 27.7 Å². The molecule has 0 unspecified atom stereocenters. The number of hydrogen-bond acceptors (Lipinski definition) is 5. The number of imide groups is 1. The number of benzene rings is 2. The molecular formula is C18H9F2NO5. The number of rotatable bonds is 3. The smallest absolute Gasteiger partial charge is 0.337 e. The molecule has 0 fully saturated rings. The summed E-state index contributed by atoms with van der Waals surface area (Å²) in [5, 5.41) is 0.582. The monoisotopic (exact) mass is 357 g/mol. The van der Waals surface area contributed by atoms with Gasteiger partial charge in [-0.2, -0.15) is 4.39 Å². The van der Waals surface area contributed by atoms with Crippen LogP contribution in [0.2, 0.25) is 0 Å². The van der Waals surface area contributed by atoms with Crippen molar-refractivity contribution in [2.24, 2.45) is 0 Å². The molecule has 0 saturated heterocycles. The van der Waals surface area contributed by atoms with Gasteiger partial charge in [0.05, 0.1) is 23.8 Å². The second-order valence-corrected chi connectivity index (χ2v) is 5.59. The summed E-state index contributed by atoms with van der Waals surface area (Å²) in [6, 6.07) is 8.24. The SMILES string of the molecule is O=C(Cc1coc2c(F)c(F)ccc12)ON1C(=O)c2ccccc2C1=O. The van der Waals surface area contributed by atoms with E-state index in [0.29, 0.717) is 5.06 Å². The molecule has 0 spiro atoms. The molecule has 3 aromatic rings. The number of furan rings is 1. The van der Waals surface area contributed by atoms with Crippen LogP contribution < -0.4 is 0 Å². The van der Waals surface area contributed by atoms with Gasteiger partial charge in [0.2, 0.25) is 5.82 Å². The van der Waals surface area contributed by atoms with Gasteiger partial charge in [0.15, 0.2) is 11.4 Å². The molecule has 6 nitrogen and oxygen atoms in total. The van der Waals surface area contributed by atoms with E-state index in [2.05, 4.69) is 0 Å². The van der Waals surface area contributed by atoms with Crippen molar-refractivity contribution in [1.82, 2.24) is 5.06 Å². The molecule has 2 heterocycles. The van der Waals surface area contributed by atoms with Gasteiger partial charge in [-0.3, -0.25) is 9.59 Å². The molecule has 0 bridgehead atoms. The Labute approximate surface area is 144 Å². The van der Waals surface area contributed by atoms with Gasteiger partial charge in [-0.05, 0) is 24.3 Å². The first kappa shape index (κ1) is 15.9. The highest BCUT2D eigenvalue weighted by Crippen LogP contribution is 2.27. The third-order valence-corrected chi connectivity index (χ3v) is 4.00. The molecule has 1 aromatic heterocycles. The highest BCUT2D eigenvalue weighted by Gasteiger charge is 2.38. The van der Waals surface area contributed by atoms with Crippen molar-refractivity contribution in [3.63, 3.8) is 0 Å². The van der Waals surface area contributed by atoms with Crippen molar-refractivity contribution >= 4 is 28.8 Å². The Bertz CT molecular complexity index is 1050. The molecule has 2 aromatic carbocycles. The van der Waals surface area contributed by atoms with Crippen LogP contribution in [0.1, 0.15) is 26.3 Å². The number of carbonyl (C=O) groups excluding carboxylic acids is 3. The second-order valence-electron chi connectivity index (χ2n) is 5.59. The zero-order valence-corrected chi connectivity index (χ0v) is 13.0. The Balaban J connectivity index is 1.55. The lowest BCUT2D eigenvalue weighted by Gasteiger charge is -2.12. The van der Waals surface area contributed by atoms with Crippen molar-refractivity contribution in [2.75, 3.05) is 0 Å². The van der Waals surface area contributed by atoms with Gasteiger partial charge in [0, 0.05) is 10.9 Å². The minimum absolute atomic E-state index is 0.136. The summed E-state index contributed by atoms with van der Waals surface area (Å²) in [5.41, 5.74) is 0.183. The maximum absolute atomic E-state index is 13.6. The lowest BCUT2D eigenvalue weighted by Crippen LogP contribution is -2.33. The lowest BCUT2D eigenvalue weighted by atomic mass is 10.1. The van der Waals surface area contributed by atoms with E-state index in [1.54, 1.807) is 12.1 Å². The summed E-state index contributed by atoms with van der Waals surface area (Å²) in [5.74, 6) is -4.66. The number of nitrogens with zero attached hydrogens (tertiary/aromatic N) is 1. The summed E-state index contributed by atoms with van der Waals surface area (Å²) in [6.07, 6.45) is 0.697. The Kier molecular flexibility index (Phi) is 3.54. The third kappa shape index (κ3) is 2.34. The number of carbonyl (C=O) groups is 3. The van der Waals surface area contributed by atoms with E-state index >= 15 is 0 Å². The maximum atomic E-state index is 13.6. The fraction of sp³-hybridized carbons (Fsp3) is 0.0556. The summed E-state index contributed by atoms with van der Waals surface area (Å²) < 4.78 is 31.8. The predicted molar refractivity (Wildman–Crippen MR) is 82.9 cm³/mol. The van der Waals surface area contributed by atoms with Crippen LogP contribution in [0.15, 0.2) is 47.1 Å². The molecule has 0 N–H and O–H groups in total. The van der Waals surface area contributed by atoms with E-state index in [1.807, 2.05) is 0 Å². The highest BCUT2D eigenvalue weighted by atomic mass is 19.2. The number of halogens is 2. The Morgan fingerprint density at radius 3 is 2.35 bits per heavy atom. The topological polar surface area (TPSA) is 76.8 Å². The average molecular weight is 357 g/mol. The van der Waals surface area contributed by atoms with Crippen LogP contribution in [-0.4, -0.2) is 22.8 Å². The molecule has 2 amide bonds. The fourth-order valence-corrected chi connectivity index (χ4v) is 2.77. The highest BCUT2D eigenvalue weighted by molar-refractivity contribution is 6.20. The average Bonchev–Trinajstić information content (AvgIpc) is 3.14. The second kappa shape index (κ2) is 5.76. The Hall–Kier alpha value is -3.55. The van der Waals surface area contributed by atoms with Gasteiger partial charge in [-0.15, -0.1) is 0 Å². The standard InChI is InChI=1S/C18H9F2NO5/c19-13-6-5-10-9(8-25-16(10)15(13)20)7-14(22)26-21-17(23)11-3-1-2-4-12(11)18(21)24/h1-6,8H,7H2. The summed E-state index contributed by atoms with van der Waals surface area (Å²) in [4.78, 5) is 41.3. The van der Waals surface area contributed by atoms with Crippen LogP contribution >= 0.6 is 0 Å². The number of amides is 2. The minimum atomic E-state index is -1.16. The molecule has 130 valence electrons. The first-order valence-corrected chi connectivity index (χ1v) is 7.50. The minimum Gasteiger partial charge on any atom is -0.461 e. The van der Waals surface area contributed by atoms with Gasteiger partial charge in [-0.25, -0.2) is 9.18 Å². The molecule has 0 atom stereocenters. The fourth-order valence-electron chi connectivity index (χ4n) is 2.77. The zero-order chi connectivity index (χ0) is 18.4. The third-order valence-electron chi connectivity index (χ3n) is 4.00. The van der Waals surface area contributed by atoms with Gasteiger partial charge < -0.3 is 9.25 Å². The molecule has 1 aliphatic rings. The largest absolute Gasteiger partial charge is 0.461 e. The Morgan fingerprint density at radius 2 is 1.69 bits per heavy atom. The van der Waals surface area contributed by atoms with E-state index in [1.165, 1.54) is 18.2 Å². The Morgan fingerprint density at radius 1 is 1.04 bits per heavy atom. The molecule has 1 aliphatic heterocycles. The molecule has 26 heavy (non-hydrogen) atoms. The van der Waals surface area contributed by atoms with E-state index in [9.17, 15) is 23.2 Å². The van der Waals surface area contributed by atoms with Crippen LogP contribution in [0.5, 0.6) is 0 Å². The zero-order valence-electron chi connectivity index (χ0n) is 13.0. The van der Waals surface area contributed by atoms with E-state index in [0.717, 1.165) is 12.3 Å². The maximum Gasteiger partial charge on any atom is 0.337 e. The van der Waals surface area contributed by atoms with Crippen molar-refractivity contribution in [3.05, 3.63) is 71.0 Å². The molecular weight excluding hydrogens is 348 g/mol. The molecule has 8 heteroatoms. The lowest BCUT2D eigenvalue weighted by molar-refractivity contribution is -0.167. The number of hydroxylamine groups is 2. The first-order chi connectivity index (χ1) is 12.5. The van der Waals surface area contributed by atoms with Crippen LogP contribution in [0.3, 0.4) is 0 Å². The molecule has 0 radical (unpaired) electrons. The van der Waals surface area contributed by atoms with Crippen molar-refractivity contribution < 1.29 is 32.4 Å². The normalized spacial score (nSPS) is 13.4. The quantitative estimate of drug-likeness (QED) is 0.674. The predicted octanol–water partition coefficient (Wildman–Crippen LogP) is 3.01. The summed E-state index contributed by atoms with van der Waals surface area (Å²) in [7, 11) is 0. The summed E-state index contributed by atoms with van der Waals surface area (Å²) in [6.45, 7) is 0. The van der Waals surface area contributed by atoms with Crippen LogP contribution in [0, 0.1) is 11.6 Å². The van der Waals surface area contributed by atoms with Crippen LogP contribution in [-0.2, 0) is 16.1 Å². The van der Waals surface area contributed by atoms with Gasteiger partial charge in [0.1, 0.15) is 0 Å². The van der Waals surface area contributed by atoms with Crippen LogP contribution in [0.4, 0.5) is 8.78 Å². The van der Waals surface area contributed by atoms with Crippen molar-refractivity contribution in [2.45, 2.75) is 6.42 Å². The summed E-state index contributed by atoms with van der Waals surface area (Å²) >= 11 is 0. The van der Waals surface area contributed by atoms with Crippen molar-refractivity contribution in [3.8, 4) is 0 Å². The van der Waals surface area contributed by atoms with Crippen molar-refractivity contribution in [1.29, 1.82) is 0 Å². The molecule has 0 aliphatic carbocycles. The number of hydrogen-bond donors (Lipinski definition) is 0. The van der Waals surface area contributed by atoms with Gasteiger partial charge in [-0.1, -0.05) is 17.2 Å². The molecule has 4 rings (SSSR count).